The van der Waals surface area contributed by atoms with Crippen LogP contribution >= 0.6 is 11.6 Å². The number of alkyl halides is 3. The van der Waals surface area contributed by atoms with Gasteiger partial charge in [-0.25, -0.2) is 0 Å². The molecule has 0 radical (unpaired) electrons. The first-order chi connectivity index (χ1) is 15.1. The van der Waals surface area contributed by atoms with Crippen LogP contribution in [0.2, 0.25) is 5.02 Å². The Morgan fingerprint density at radius 1 is 0.938 bits per heavy atom. The number of amides is 1. The Hall–Kier alpha value is -3.72. The van der Waals surface area contributed by atoms with E-state index in [1.54, 1.807) is 12.1 Å². The van der Waals surface area contributed by atoms with E-state index < -0.39 is 46.3 Å². The SMILES string of the molecule is O=C(Cn1cc(C(F)(F)F)cc(Cl)c1=O)Nc1cccc2c1C(=O)c1ccccc1C2=O. The van der Waals surface area contributed by atoms with Gasteiger partial charge in [-0.1, -0.05) is 48.0 Å². The van der Waals surface area contributed by atoms with Crippen molar-refractivity contribution in [1.29, 1.82) is 0 Å². The van der Waals surface area contributed by atoms with Gasteiger partial charge in [-0.2, -0.15) is 13.2 Å². The highest BCUT2D eigenvalue weighted by atomic mass is 35.5. The molecule has 10 heteroatoms. The molecule has 0 atom stereocenters. The van der Waals surface area contributed by atoms with Crippen LogP contribution in [0.1, 0.15) is 37.4 Å². The lowest BCUT2D eigenvalue weighted by Gasteiger charge is -2.20. The zero-order chi connectivity index (χ0) is 23.2. The molecule has 2 aromatic carbocycles. The number of ketones is 2. The molecule has 0 aliphatic heterocycles. The molecule has 32 heavy (non-hydrogen) atoms. The molecule has 1 heterocycles. The molecule has 6 nitrogen and oxygen atoms in total. The number of hydrogen-bond acceptors (Lipinski definition) is 4. The monoisotopic (exact) mass is 460 g/mol. The maximum absolute atomic E-state index is 13.0. The Balaban J connectivity index is 1.67. The minimum absolute atomic E-state index is 0.00600. The second kappa shape index (κ2) is 7.76. The van der Waals surface area contributed by atoms with Crippen molar-refractivity contribution in [2.24, 2.45) is 0 Å². The van der Waals surface area contributed by atoms with E-state index in [1.807, 2.05) is 0 Å². The predicted molar refractivity (Wildman–Crippen MR) is 109 cm³/mol. The van der Waals surface area contributed by atoms with Gasteiger partial charge in [-0.15, -0.1) is 0 Å². The van der Waals surface area contributed by atoms with Gasteiger partial charge in [-0.05, 0) is 12.1 Å². The number of pyridine rings is 1. The van der Waals surface area contributed by atoms with Crippen molar-refractivity contribution < 1.29 is 27.6 Å². The van der Waals surface area contributed by atoms with Crippen molar-refractivity contribution in [3.8, 4) is 0 Å². The lowest BCUT2D eigenvalue weighted by atomic mass is 9.83. The molecule has 1 N–H and O–H groups in total. The van der Waals surface area contributed by atoms with Crippen molar-refractivity contribution in [3.05, 3.63) is 97.9 Å². The molecule has 1 aliphatic carbocycles. The fourth-order valence-electron chi connectivity index (χ4n) is 3.47. The summed E-state index contributed by atoms with van der Waals surface area (Å²) in [5.74, 6) is -1.76. The number of carbonyl (C=O) groups excluding carboxylic acids is 3. The van der Waals surface area contributed by atoms with E-state index in [-0.39, 0.29) is 27.9 Å². The number of fused-ring (bicyclic) bond motifs is 2. The van der Waals surface area contributed by atoms with Gasteiger partial charge in [0.1, 0.15) is 11.6 Å². The number of halogens is 4. The van der Waals surface area contributed by atoms with Crippen molar-refractivity contribution in [3.63, 3.8) is 0 Å². The van der Waals surface area contributed by atoms with Gasteiger partial charge in [0, 0.05) is 22.9 Å². The molecule has 0 spiro atoms. The largest absolute Gasteiger partial charge is 0.417 e. The summed E-state index contributed by atoms with van der Waals surface area (Å²) in [6, 6.07) is 11.0. The van der Waals surface area contributed by atoms with Crippen LogP contribution in [0, 0.1) is 0 Å². The fraction of sp³-hybridized carbons (Fsp3) is 0.0909. The summed E-state index contributed by atoms with van der Waals surface area (Å²) in [5, 5.41) is 1.72. The number of carbonyl (C=O) groups is 3. The molecule has 3 aromatic rings. The molecular weight excluding hydrogens is 449 g/mol. The van der Waals surface area contributed by atoms with Crippen molar-refractivity contribution in [1.82, 2.24) is 4.57 Å². The molecule has 0 saturated carbocycles. The number of anilines is 1. The first kappa shape index (κ1) is 21.5. The van der Waals surface area contributed by atoms with E-state index >= 15 is 0 Å². The number of hydrogen-bond donors (Lipinski definition) is 1. The highest BCUT2D eigenvalue weighted by Gasteiger charge is 2.33. The van der Waals surface area contributed by atoms with Gasteiger partial charge in [0.25, 0.3) is 5.56 Å². The summed E-state index contributed by atoms with van der Waals surface area (Å²) in [7, 11) is 0. The third-order valence-corrected chi connectivity index (χ3v) is 5.18. The number of rotatable bonds is 3. The molecule has 0 unspecified atom stereocenters. The zero-order valence-corrected chi connectivity index (χ0v) is 16.8. The van der Waals surface area contributed by atoms with E-state index in [4.69, 9.17) is 11.6 Å². The van der Waals surface area contributed by atoms with Crippen LogP contribution in [0.3, 0.4) is 0 Å². The van der Waals surface area contributed by atoms with E-state index in [0.29, 0.717) is 16.8 Å². The summed E-state index contributed by atoms with van der Waals surface area (Å²) in [5.41, 5.74) is -1.70. The maximum atomic E-state index is 13.0. The van der Waals surface area contributed by atoms with Crippen LogP contribution in [0.15, 0.2) is 59.5 Å². The quantitative estimate of drug-likeness (QED) is 0.502. The summed E-state index contributed by atoms with van der Waals surface area (Å²) in [6.45, 7) is -0.787. The van der Waals surface area contributed by atoms with Gasteiger partial charge in [0.15, 0.2) is 11.6 Å². The molecule has 4 rings (SSSR count). The molecule has 0 fully saturated rings. The summed E-state index contributed by atoms with van der Waals surface area (Å²) < 4.78 is 39.6. The average Bonchev–Trinajstić information content (AvgIpc) is 2.74. The minimum atomic E-state index is -4.77. The Labute approximate surface area is 183 Å². The van der Waals surface area contributed by atoms with Crippen LogP contribution in [-0.4, -0.2) is 22.0 Å². The van der Waals surface area contributed by atoms with Crippen LogP contribution < -0.4 is 10.9 Å². The Kier molecular flexibility index (Phi) is 5.21. The number of benzene rings is 2. The lowest BCUT2D eigenvalue weighted by Crippen LogP contribution is -2.30. The van der Waals surface area contributed by atoms with E-state index in [2.05, 4.69) is 5.32 Å². The third kappa shape index (κ3) is 3.71. The van der Waals surface area contributed by atoms with Crippen LogP contribution in [-0.2, 0) is 17.5 Å². The summed E-state index contributed by atoms with van der Waals surface area (Å²) in [6.07, 6.45) is -4.28. The van der Waals surface area contributed by atoms with E-state index in [0.717, 1.165) is 0 Å². The van der Waals surface area contributed by atoms with Crippen LogP contribution in [0.4, 0.5) is 18.9 Å². The number of aromatic nitrogens is 1. The van der Waals surface area contributed by atoms with Crippen molar-refractivity contribution in [2.45, 2.75) is 12.7 Å². The Morgan fingerprint density at radius 3 is 2.22 bits per heavy atom. The Morgan fingerprint density at radius 2 is 1.56 bits per heavy atom. The topological polar surface area (TPSA) is 85.2 Å². The normalized spacial score (nSPS) is 12.9. The lowest BCUT2D eigenvalue weighted by molar-refractivity contribution is -0.138. The first-order valence-corrected chi connectivity index (χ1v) is 9.54. The second-order valence-electron chi connectivity index (χ2n) is 6.99. The maximum Gasteiger partial charge on any atom is 0.417 e. The van der Waals surface area contributed by atoms with Crippen LogP contribution in [0.25, 0.3) is 0 Å². The molecule has 0 saturated heterocycles. The summed E-state index contributed by atoms with van der Waals surface area (Å²) >= 11 is 5.60. The fourth-order valence-corrected chi connectivity index (χ4v) is 3.69. The van der Waals surface area contributed by atoms with Crippen molar-refractivity contribution in [2.75, 3.05) is 5.32 Å². The van der Waals surface area contributed by atoms with Gasteiger partial charge >= 0.3 is 6.18 Å². The minimum Gasteiger partial charge on any atom is -0.324 e. The summed E-state index contributed by atoms with van der Waals surface area (Å²) in [4.78, 5) is 50.4. The van der Waals surface area contributed by atoms with E-state index in [9.17, 15) is 32.3 Å². The second-order valence-corrected chi connectivity index (χ2v) is 7.39. The van der Waals surface area contributed by atoms with Gasteiger partial charge in [0.2, 0.25) is 5.91 Å². The van der Waals surface area contributed by atoms with Gasteiger partial charge in [-0.3, -0.25) is 19.2 Å². The molecular formula is C22H12ClF3N2O4. The Bertz CT molecular complexity index is 1360. The number of nitrogens with one attached hydrogen (secondary N) is 1. The predicted octanol–water partition coefficient (Wildman–Crippen LogP) is 3.93. The molecule has 1 aromatic heterocycles. The number of nitrogens with zero attached hydrogens (tertiary/aromatic N) is 1. The first-order valence-electron chi connectivity index (χ1n) is 9.16. The molecule has 0 bridgehead atoms. The van der Waals surface area contributed by atoms with Gasteiger partial charge < -0.3 is 9.88 Å². The highest BCUT2D eigenvalue weighted by Crippen LogP contribution is 2.32. The third-order valence-electron chi connectivity index (χ3n) is 4.91. The highest BCUT2D eigenvalue weighted by molar-refractivity contribution is 6.31. The molecule has 1 amide bonds. The van der Waals surface area contributed by atoms with Crippen molar-refractivity contribution >= 4 is 34.8 Å². The van der Waals surface area contributed by atoms with Gasteiger partial charge in [0.05, 0.1) is 16.8 Å². The van der Waals surface area contributed by atoms with E-state index in [1.165, 1.54) is 30.3 Å². The molecule has 162 valence electrons. The molecule has 1 aliphatic rings. The average molecular weight is 461 g/mol. The zero-order valence-electron chi connectivity index (χ0n) is 16.0. The smallest absolute Gasteiger partial charge is 0.324 e. The van der Waals surface area contributed by atoms with Crippen LogP contribution in [0.5, 0.6) is 0 Å². The standard InChI is InChI=1S/C22H12ClF3N2O4/c23-15-8-11(22(24,25)26)9-28(21(15)32)10-17(29)27-16-7-3-6-14-18(16)20(31)13-5-2-1-4-12(13)19(14)30/h1-9H,10H2,(H,27,29).